The molecule has 2 heterocycles. The van der Waals surface area contributed by atoms with Crippen LogP contribution in [0.2, 0.25) is 0 Å². The molecule has 0 aliphatic heterocycles. The highest BCUT2D eigenvalue weighted by Crippen LogP contribution is 2.02. The minimum Gasteiger partial charge on any atom is -0.480 e. The van der Waals surface area contributed by atoms with Crippen molar-refractivity contribution in [1.29, 1.82) is 0 Å². The van der Waals surface area contributed by atoms with Gasteiger partial charge in [-0.3, -0.25) is 29.0 Å². The van der Waals surface area contributed by atoms with E-state index >= 15 is 0 Å². The van der Waals surface area contributed by atoms with Crippen molar-refractivity contribution in [1.82, 2.24) is 40.4 Å². The molecule has 0 radical (unpaired) electrons. The first-order valence-electron chi connectivity index (χ1n) is 11.8. The first-order chi connectivity index (χ1) is 18.9. The molecule has 2 rings (SSSR count). The van der Waals surface area contributed by atoms with E-state index in [0.717, 1.165) is 9.80 Å². The molecular formula is C22H30N8O10. The quantitative estimate of drug-likeness (QED) is 0.0833. The molecule has 8 N–H and O–H groups in total. The van der Waals surface area contributed by atoms with Gasteiger partial charge in [0, 0.05) is 49.7 Å². The van der Waals surface area contributed by atoms with Gasteiger partial charge in [-0.1, -0.05) is 0 Å². The predicted molar refractivity (Wildman–Crippen MR) is 132 cm³/mol. The highest BCUT2D eigenvalue weighted by molar-refractivity contribution is 5.86. The molecule has 0 saturated heterocycles. The Morgan fingerprint density at radius 2 is 1.05 bits per heavy atom. The summed E-state index contributed by atoms with van der Waals surface area (Å²) in [6.45, 7) is -2.70. The molecule has 2 aromatic rings. The lowest BCUT2D eigenvalue weighted by Gasteiger charge is -2.26. The summed E-state index contributed by atoms with van der Waals surface area (Å²) in [4.78, 5) is 86.1. The van der Waals surface area contributed by atoms with Crippen molar-refractivity contribution in [3.05, 3.63) is 36.4 Å². The number of hydrogen-bond acceptors (Lipinski definition) is 10. The molecule has 218 valence electrons. The summed E-state index contributed by atoms with van der Waals surface area (Å²) in [6, 6.07) is -2.65. The van der Waals surface area contributed by atoms with Gasteiger partial charge in [0.05, 0.1) is 38.8 Å². The molecule has 2 aromatic heterocycles. The molecule has 0 aliphatic rings. The number of carbonyl (C=O) groups excluding carboxylic acids is 2. The van der Waals surface area contributed by atoms with E-state index in [1.165, 1.54) is 25.0 Å². The fourth-order valence-electron chi connectivity index (χ4n) is 3.61. The van der Waals surface area contributed by atoms with Gasteiger partial charge in [0.2, 0.25) is 11.8 Å². The van der Waals surface area contributed by atoms with E-state index in [-0.39, 0.29) is 25.9 Å². The van der Waals surface area contributed by atoms with Gasteiger partial charge in [0.1, 0.15) is 12.1 Å². The van der Waals surface area contributed by atoms with Crippen molar-refractivity contribution >= 4 is 35.7 Å². The molecule has 0 unspecified atom stereocenters. The van der Waals surface area contributed by atoms with Crippen LogP contribution in [0.3, 0.4) is 0 Å². The van der Waals surface area contributed by atoms with Crippen LogP contribution < -0.4 is 10.6 Å². The number of nitrogens with one attached hydrogen (secondary N) is 4. The van der Waals surface area contributed by atoms with Crippen LogP contribution in [0.5, 0.6) is 0 Å². The molecule has 2 amide bonds. The summed E-state index contributed by atoms with van der Waals surface area (Å²) in [5, 5.41) is 41.9. The highest BCUT2D eigenvalue weighted by atomic mass is 16.4. The largest absolute Gasteiger partial charge is 0.480 e. The van der Waals surface area contributed by atoms with Gasteiger partial charge < -0.3 is 41.0 Å². The second kappa shape index (κ2) is 15.5. The number of H-pyrrole nitrogens is 2. The molecule has 40 heavy (non-hydrogen) atoms. The summed E-state index contributed by atoms with van der Waals surface area (Å²) >= 11 is 0. The number of carboxylic acids is 4. The lowest BCUT2D eigenvalue weighted by atomic mass is 10.1. The number of amides is 2. The number of nitrogens with zero attached hydrogens (tertiary/aromatic N) is 4. The van der Waals surface area contributed by atoms with Crippen LogP contribution in [-0.2, 0) is 41.6 Å². The Bertz CT molecular complexity index is 1060. The number of carbonyl (C=O) groups is 6. The molecule has 0 saturated carbocycles. The molecule has 0 aromatic carbocycles. The zero-order valence-corrected chi connectivity index (χ0v) is 21.1. The number of carboxylic acid groups (broad SMARTS) is 4. The summed E-state index contributed by atoms with van der Waals surface area (Å²) in [5.74, 6) is -6.83. The maximum Gasteiger partial charge on any atom is 0.326 e. The lowest BCUT2D eigenvalue weighted by Crippen LogP contribution is -2.50. The average molecular weight is 567 g/mol. The fraction of sp³-hybridized carbons (Fsp3) is 0.455. The third kappa shape index (κ3) is 11.7. The molecule has 0 bridgehead atoms. The number of aromatic nitrogens is 4. The minimum atomic E-state index is -1.32. The Balaban J connectivity index is 1.99. The first-order valence-corrected chi connectivity index (χ1v) is 11.8. The van der Waals surface area contributed by atoms with Crippen molar-refractivity contribution in [2.24, 2.45) is 0 Å². The van der Waals surface area contributed by atoms with E-state index in [2.05, 4.69) is 30.6 Å². The summed E-state index contributed by atoms with van der Waals surface area (Å²) in [7, 11) is 0. The smallest absolute Gasteiger partial charge is 0.326 e. The number of rotatable bonds is 19. The normalized spacial score (nSPS) is 12.6. The zero-order chi connectivity index (χ0) is 29.7. The summed E-state index contributed by atoms with van der Waals surface area (Å²) < 4.78 is 0. The third-order valence-corrected chi connectivity index (χ3v) is 5.41. The van der Waals surface area contributed by atoms with Gasteiger partial charge in [-0.25, -0.2) is 19.6 Å². The van der Waals surface area contributed by atoms with Crippen molar-refractivity contribution in [2.45, 2.75) is 24.9 Å². The number of aliphatic carboxylic acids is 4. The number of aromatic amines is 2. The number of imidazole rings is 2. The Hall–Kier alpha value is -4.84. The first kappa shape index (κ1) is 31.4. The molecule has 0 spiro atoms. The monoisotopic (exact) mass is 566 g/mol. The summed E-state index contributed by atoms with van der Waals surface area (Å²) in [6.07, 6.45) is 5.27. The van der Waals surface area contributed by atoms with E-state index < -0.39 is 74.0 Å². The average Bonchev–Trinajstić information content (AvgIpc) is 3.55. The minimum absolute atomic E-state index is 0.0980. The van der Waals surface area contributed by atoms with E-state index in [0.29, 0.717) is 11.4 Å². The molecular weight excluding hydrogens is 536 g/mol. The Kier molecular flexibility index (Phi) is 12.2. The highest BCUT2D eigenvalue weighted by Gasteiger charge is 2.25. The standard InChI is InChI=1S/C22H30N8O10/c31-17(27-15(21(37)38)3-13-5-23-11-25-13)7-29(9-19(33)34)1-2-30(10-20(35)36)8-18(32)28-16(22(39)40)4-14-6-24-12-26-14/h5-6,11-12,15-16H,1-4,7-10H2,(H,23,25)(H,24,26)(H,27,31)(H,28,32)(H,33,34)(H,35,36)(H,37,38)(H,39,40)/t15-,16-/m0/s1. The fourth-order valence-corrected chi connectivity index (χ4v) is 3.61. The van der Waals surface area contributed by atoms with Crippen LogP contribution >= 0.6 is 0 Å². The van der Waals surface area contributed by atoms with Crippen LogP contribution in [0.15, 0.2) is 25.0 Å². The van der Waals surface area contributed by atoms with Gasteiger partial charge in [-0.15, -0.1) is 0 Å². The molecule has 2 atom stereocenters. The van der Waals surface area contributed by atoms with Crippen LogP contribution in [-0.4, -0.2) is 137 Å². The van der Waals surface area contributed by atoms with Gasteiger partial charge in [-0.2, -0.15) is 0 Å². The van der Waals surface area contributed by atoms with E-state index in [1.54, 1.807) is 0 Å². The second-order valence-corrected chi connectivity index (χ2v) is 8.69. The van der Waals surface area contributed by atoms with Crippen molar-refractivity contribution < 1.29 is 49.2 Å². The maximum atomic E-state index is 12.5. The second-order valence-electron chi connectivity index (χ2n) is 8.69. The van der Waals surface area contributed by atoms with Gasteiger partial charge >= 0.3 is 23.9 Å². The van der Waals surface area contributed by atoms with Crippen LogP contribution in [0, 0.1) is 0 Å². The molecule has 0 aliphatic carbocycles. The lowest BCUT2D eigenvalue weighted by molar-refractivity contribution is -0.143. The van der Waals surface area contributed by atoms with Crippen molar-refractivity contribution in [2.75, 3.05) is 39.3 Å². The van der Waals surface area contributed by atoms with Gasteiger partial charge in [-0.05, 0) is 0 Å². The molecule has 18 heteroatoms. The summed E-state index contributed by atoms with van der Waals surface area (Å²) in [5.41, 5.74) is 0.903. The Morgan fingerprint density at radius 3 is 1.32 bits per heavy atom. The predicted octanol–water partition coefficient (Wildman–Crippen LogP) is -3.17. The van der Waals surface area contributed by atoms with Crippen LogP contribution in [0.1, 0.15) is 11.4 Å². The van der Waals surface area contributed by atoms with E-state index in [9.17, 15) is 49.2 Å². The maximum absolute atomic E-state index is 12.5. The van der Waals surface area contributed by atoms with E-state index in [1.807, 2.05) is 0 Å². The topological polar surface area (TPSA) is 271 Å². The van der Waals surface area contributed by atoms with Crippen molar-refractivity contribution in [3.63, 3.8) is 0 Å². The van der Waals surface area contributed by atoms with E-state index in [4.69, 9.17) is 0 Å². The molecule has 18 nitrogen and oxygen atoms in total. The van der Waals surface area contributed by atoms with Crippen LogP contribution in [0.4, 0.5) is 0 Å². The Morgan fingerprint density at radius 1 is 0.675 bits per heavy atom. The molecule has 0 fully saturated rings. The van der Waals surface area contributed by atoms with Gasteiger partial charge in [0.25, 0.3) is 0 Å². The number of hydrogen-bond donors (Lipinski definition) is 8. The Labute approximate surface area is 226 Å². The van der Waals surface area contributed by atoms with Crippen molar-refractivity contribution in [3.8, 4) is 0 Å². The van der Waals surface area contributed by atoms with Gasteiger partial charge in [0.15, 0.2) is 0 Å². The SMILES string of the molecule is O=C(O)CN(CCN(CC(=O)O)CC(=O)N[C@@H](Cc1cnc[nH]1)C(=O)O)CC(=O)N[C@@H](Cc1cnc[nH]1)C(=O)O. The zero-order valence-electron chi connectivity index (χ0n) is 21.1. The third-order valence-electron chi connectivity index (χ3n) is 5.41. The van der Waals surface area contributed by atoms with Crippen LogP contribution in [0.25, 0.3) is 0 Å².